The Labute approximate surface area is 177 Å². The number of nitrogens with one attached hydrogen (secondary N) is 1. The molecule has 1 aromatic heterocycles. The fourth-order valence-electron chi connectivity index (χ4n) is 2.45. The number of aromatic nitrogens is 3. The van der Waals surface area contributed by atoms with Gasteiger partial charge in [-0.15, -0.1) is 10.2 Å². The third-order valence-electron chi connectivity index (χ3n) is 3.87. The van der Waals surface area contributed by atoms with E-state index in [0.29, 0.717) is 26.7 Å². The molecule has 2 aromatic carbocycles. The molecule has 0 atom stereocenters. The van der Waals surface area contributed by atoms with Crippen LogP contribution in [0.2, 0.25) is 10.0 Å². The summed E-state index contributed by atoms with van der Waals surface area (Å²) in [6.07, 6.45) is 0. The number of nitrogens with zero attached hydrogens (tertiary/aromatic N) is 4. The van der Waals surface area contributed by atoms with Crippen molar-refractivity contribution in [2.24, 2.45) is 0 Å². The molecule has 3 aromatic rings. The summed E-state index contributed by atoms with van der Waals surface area (Å²) < 4.78 is 1.85. The van der Waals surface area contributed by atoms with Crippen LogP contribution >= 0.6 is 35.0 Å². The van der Waals surface area contributed by atoms with Crippen LogP contribution in [0.5, 0.6) is 0 Å². The predicted octanol–water partition coefficient (Wildman–Crippen LogP) is 4.64. The van der Waals surface area contributed by atoms with Crippen LogP contribution in [0.15, 0.2) is 53.7 Å². The molecule has 6 nitrogen and oxygen atoms in total. The first-order chi connectivity index (χ1) is 13.5. The molecule has 28 heavy (non-hydrogen) atoms. The van der Waals surface area contributed by atoms with E-state index in [4.69, 9.17) is 23.2 Å². The molecule has 1 heterocycles. The van der Waals surface area contributed by atoms with E-state index in [1.54, 1.807) is 38.0 Å². The van der Waals surface area contributed by atoms with Gasteiger partial charge in [-0.2, -0.15) is 0 Å². The maximum absolute atomic E-state index is 11.9. The molecule has 146 valence electrons. The van der Waals surface area contributed by atoms with Gasteiger partial charge in [0.1, 0.15) is 0 Å². The number of thioether (sulfide) groups is 1. The summed E-state index contributed by atoms with van der Waals surface area (Å²) in [6, 6.07) is 15.1. The topological polar surface area (TPSA) is 63.1 Å². The summed E-state index contributed by atoms with van der Waals surface area (Å²) in [6.45, 7) is 0.217. The highest BCUT2D eigenvalue weighted by Crippen LogP contribution is 2.30. The molecule has 9 heteroatoms. The minimum Gasteiger partial charge on any atom is -0.331 e. The average Bonchev–Trinajstić information content (AvgIpc) is 3.07. The van der Waals surface area contributed by atoms with Gasteiger partial charge in [0.25, 0.3) is 0 Å². The van der Waals surface area contributed by atoms with Crippen LogP contribution in [-0.4, -0.2) is 39.8 Å². The fourth-order valence-corrected chi connectivity index (χ4v) is 3.86. The van der Waals surface area contributed by atoms with E-state index in [0.717, 1.165) is 5.75 Å². The molecule has 0 saturated heterocycles. The lowest BCUT2D eigenvalue weighted by molar-refractivity contribution is 0.216. The van der Waals surface area contributed by atoms with Crippen LogP contribution in [0.3, 0.4) is 0 Å². The van der Waals surface area contributed by atoms with Crippen molar-refractivity contribution in [3.05, 3.63) is 70.0 Å². The minimum absolute atomic E-state index is 0.213. The standard InChI is InChI=1S/C19H19Cl2N5OS/c1-25(2)18(27)22-11-17-23-24-19(28-12-13-6-4-3-5-7-13)26(17)16-9-8-14(20)10-15(16)21/h3-10H,11-12H2,1-2H3,(H,22,27). The average molecular weight is 436 g/mol. The molecule has 0 fully saturated rings. The van der Waals surface area contributed by atoms with E-state index in [-0.39, 0.29) is 12.6 Å². The second-order valence-corrected chi connectivity index (χ2v) is 7.94. The van der Waals surface area contributed by atoms with Crippen molar-refractivity contribution >= 4 is 41.0 Å². The van der Waals surface area contributed by atoms with Crippen molar-refractivity contribution in [2.75, 3.05) is 14.1 Å². The van der Waals surface area contributed by atoms with Gasteiger partial charge < -0.3 is 10.2 Å². The lowest BCUT2D eigenvalue weighted by Crippen LogP contribution is -2.34. The molecular formula is C19H19Cl2N5OS. The number of rotatable bonds is 6. The first-order valence-corrected chi connectivity index (χ1v) is 10.2. The van der Waals surface area contributed by atoms with E-state index in [2.05, 4.69) is 27.6 Å². The first kappa shape index (κ1) is 20.5. The Kier molecular flexibility index (Phi) is 6.83. The Morgan fingerprint density at radius 2 is 1.89 bits per heavy atom. The normalized spacial score (nSPS) is 10.7. The number of carbonyl (C=O) groups excluding carboxylic acids is 1. The van der Waals surface area contributed by atoms with Gasteiger partial charge in [-0.05, 0) is 23.8 Å². The fraction of sp³-hybridized carbons (Fsp3) is 0.211. The van der Waals surface area contributed by atoms with E-state index in [1.807, 2.05) is 28.8 Å². The van der Waals surface area contributed by atoms with Crippen molar-refractivity contribution in [3.8, 4) is 5.69 Å². The Hall–Kier alpha value is -2.22. The Morgan fingerprint density at radius 1 is 1.14 bits per heavy atom. The van der Waals surface area contributed by atoms with E-state index in [1.165, 1.54) is 10.5 Å². The Balaban J connectivity index is 1.91. The lowest BCUT2D eigenvalue weighted by atomic mass is 10.2. The van der Waals surface area contributed by atoms with Crippen LogP contribution < -0.4 is 5.32 Å². The molecule has 0 spiro atoms. The Bertz CT molecular complexity index is 962. The van der Waals surface area contributed by atoms with Gasteiger partial charge in [-0.3, -0.25) is 4.57 Å². The number of urea groups is 1. The second-order valence-electron chi connectivity index (χ2n) is 6.16. The zero-order valence-electron chi connectivity index (χ0n) is 15.4. The molecule has 0 saturated carbocycles. The van der Waals surface area contributed by atoms with Crippen molar-refractivity contribution in [1.29, 1.82) is 0 Å². The molecule has 0 aliphatic rings. The van der Waals surface area contributed by atoms with Crippen molar-refractivity contribution in [1.82, 2.24) is 25.0 Å². The molecule has 2 amide bonds. The third kappa shape index (κ3) is 4.98. The number of hydrogen-bond acceptors (Lipinski definition) is 4. The predicted molar refractivity (Wildman–Crippen MR) is 113 cm³/mol. The summed E-state index contributed by atoms with van der Waals surface area (Å²) in [5.41, 5.74) is 1.88. The van der Waals surface area contributed by atoms with Crippen molar-refractivity contribution in [2.45, 2.75) is 17.5 Å². The van der Waals surface area contributed by atoms with Crippen LogP contribution in [0.1, 0.15) is 11.4 Å². The molecular weight excluding hydrogens is 417 g/mol. The lowest BCUT2D eigenvalue weighted by Gasteiger charge is -2.14. The number of halogens is 2. The van der Waals surface area contributed by atoms with Crippen LogP contribution in [0.4, 0.5) is 4.79 Å². The summed E-state index contributed by atoms with van der Waals surface area (Å²) >= 11 is 14.0. The number of benzene rings is 2. The van der Waals surface area contributed by atoms with E-state index in [9.17, 15) is 4.79 Å². The molecule has 3 rings (SSSR count). The minimum atomic E-state index is -0.213. The van der Waals surface area contributed by atoms with Crippen molar-refractivity contribution < 1.29 is 4.79 Å². The van der Waals surface area contributed by atoms with Crippen LogP contribution in [0.25, 0.3) is 5.69 Å². The SMILES string of the molecule is CN(C)C(=O)NCc1nnc(SCc2ccccc2)n1-c1ccc(Cl)cc1Cl. The van der Waals surface area contributed by atoms with Crippen LogP contribution in [0, 0.1) is 0 Å². The zero-order chi connectivity index (χ0) is 20.1. The van der Waals surface area contributed by atoms with E-state index < -0.39 is 0 Å². The molecule has 0 aliphatic heterocycles. The third-order valence-corrected chi connectivity index (χ3v) is 5.40. The monoisotopic (exact) mass is 435 g/mol. The molecule has 0 bridgehead atoms. The van der Waals surface area contributed by atoms with Gasteiger partial charge in [-0.1, -0.05) is 65.3 Å². The largest absolute Gasteiger partial charge is 0.331 e. The maximum atomic E-state index is 11.9. The first-order valence-electron chi connectivity index (χ1n) is 8.47. The van der Waals surface area contributed by atoms with Crippen molar-refractivity contribution in [3.63, 3.8) is 0 Å². The smallest absolute Gasteiger partial charge is 0.317 e. The van der Waals surface area contributed by atoms with Gasteiger partial charge in [0.15, 0.2) is 11.0 Å². The van der Waals surface area contributed by atoms with E-state index >= 15 is 0 Å². The van der Waals surface area contributed by atoms with Gasteiger partial charge >= 0.3 is 6.03 Å². The highest BCUT2D eigenvalue weighted by molar-refractivity contribution is 7.98. The highest BCUT2D eigenvalue weighted by Gasteiger charge is 2.18. The van der Waals surface area contributed by atoms with Gasteiger partial charge in [-0.25, -0.2) is 4.79 Å². The molecule has 1 N–H and O–H groups in total. The van der Waals surface area contributed by atoms with Gasteiger partial charge in [0.2, 0.25) is 0 Å². The van der Waals surface area contributed by atoms with Gasteiger partial charge in [0.05, 0.1) is 17.3 Å². The highest BCUT2D eigenvalue weighted by atomic mass is 35.5. The molecule has 0 aliphatic carbocycles. The zero-order valence-corrected chi connectivity index (χ0v) is 17.7. The molecule has 0 unspecified atom stereocenters. The summed E-state index contributed by atoms with van der Waals surface area (Å²) in [5, 5.41) is 13.1. The Morgan fingerprint density at radius 3 is 2.57 bits per heavy atom. The number of carbonyl (C=O) groups is 1. The van der Waals surface area contributed by atoms with Crippen LogP contribution in [-0.2, 0) is 12.3 Å². The number of hydrogen-bond donors (Lipinski definition) is 1. The summed E-state index contributed by atoms with van der Waals surface area (Å²) in [7, 11) is 3.36. The van der Waals surface area contributed by atoms with Gasteiger partial charge in [0, 0.05) is 24.9 Å². The second kappa shape index (κ2) is 9.32. The summed E-state index contributed by atoms with van der Waals surface area (Å²) in [5.74, 6) is 1.31. The summed E-state index contributed by atoms with van der Waals surface area (Å²) in [4.78, 5) is 13.4. The quantitative estimate of drug-likeness (QED) is 0.572. The molecule has 0 radical (unpaired) electrons. The number of amides is 2. The maximum Gasteiger partial charge on any atom is 0.317 e.